The van der Waals surface area contributed by atoms with Crippen molar-refractivity contribution in [2.45, 2.75) is 19.1 Å². The lowest BCUT2D eigenvalue weighted by Gasteiger charge is -2.15. The molecule has 0 fully saturated rings. The van der Waals surface area contributed by atoms with Gasteiger partial charge in [-0.15, -0.1) is 11.3 Å². The van der Waals surface area contributed by atoms with Gasteiger partial charge in [0, 0.05) is 23.7 Å². The van der Waals surface area contributed by atoms with E-state index in [0.717, 1.165) is 10.6 Å². The van der Waals surface area contributed by atoms with Gasteiger partial charge in [-0.1, -0.05) is 12.1 Å². The van der Waals surface area contributed by atoms with Crippen LogP contribution in [0.1, 0.15) is 29.6 Å². The third-order valence-electron chi connectivity index (χ3n) is 2.62. The zero-order valence-corrected chi connectivity index (χ0v) is 10.5. The second-order valence-electron chi connectivity index (χ2n) is 3.92. The second kappa shape index (κ2) is 5.91. The van der Waals surface area contributed by atoms with E-state index in [-0.39, 0.29) is 6.04 Å². The van der Waals surface area contributed by atoms with Gasteiger partial charge >= 0.3 is 0 Å². The van der Waals surface area contributed by atoms with Crippen LogP contribution in [0.3, 0.4) is 0 Å². The van der Waals surface area contributed by atoms with E-state index in [9.17, 15) is 5.11 Å². The number of hydrogen-bond acceptors (Lipinski definition) is 4. The van der Waals surface area contributed by atoms with E-state index in [1.165, 1.54) is 0 Å². The highest BCUT2D eigenvalue weighted by atomic mass is 32.1. The van der Waals surface area contributed by atoms with E-state index in [0.29, 0.717) is 6.54 Å². The maximum atomic E-state index is 9.93. The summed E-state index contributed by atoms with van der Waals surface area (Å²) in [7, 11) is 0. The monoisotopic (exact) mass is 248 g/mol. The molecular weight excluding hydrogens is 232 g/mol. The highest BCUT2D eigenvalue weighted by Crippen LogP contribution is 2.18. The average Bonchev–Trinajstić information content (AvgIpc) is 2.90. The molecule has 2 aromatic rings. The van der Waals surface area contributed by atoms with Gasteiger partial charge in [-0.3, -0.25) is 4.98 Å². The molecule has 2 N–H and O–H groups in total. The molecule has 0 saturated heterocycles. The van der Waals surface area contributed by atoms with Crippen molar-refractivity contribution < 1.29 is 5.11 Å². The molecule has 0 aliphatic heterocycles. The van der Waals surface area contributed by atoms with Gasteiger partial charge < -0.3 is 10.4 Å². The molecule has 0 aliphatic rings. The van der Waals surface area contributed by atoms with Crippen molar-refractivity contribution in [2.75, 3.05) is 6.54 Å². The molecule has 0 radical (unpaired) electrons. The number of hydrogen-bond donors (Lipinski definition) is 2. The Kier molecular flexibility index (Phi) is 4.25. The van der Waals surface area contributed by atoms with Crippen molar-refractivity contribution in [1.82, 2.24) is 10.3 Å². The second-order valence-corrected chi connectivity index (χ2v) is 4.90. The molecule has 90 valence electrons. The molecule has 1 unspecified atom stereocenters. The van der Waals surface area contributed by atoms with Crippen LogP contribution in [-0.2, 0) is 0 Å². The van der Waals surface area contributed by atoms with E-state index >= 15 is 0 Å². The van der Waals surface area contributed by atoms with Crippen molar-refractivity contribution in [3.05, 3.63) is 52.5 Å². The Hall–Kier alpha value is -1.23. The lowest BCUT2D eigenvalue weighted by atomic mass is 10.2. The fourth-order valence-electron chi connectivity index (χ4n) is 1.61. The minimum Gasteiger partial charge on any atom is -0.386 e. The summed E-state index contributed by atoms with van der Waals surface area (Å²) in [5.41, 5.74) is 0.992. The first kappa shape index (κ1) is 12.2. The molecule has 0 aliphatic carbocycles. The van der Waals surface area contributed by atoms with Gasteiger partial charge in [0.1, 0.15) is 6.10 Å². The Morgan fingerprint density at radius 3 is 2.88 bits per heavy atom. The van der Waals surface area contributed by atoms with Crippen molar-refractivity contribution in [2.24, 2.45) is 0 Å². The minimum atomic E-state index is -0.443. The van der Waals surface area contributed by atoms with E-state index in [1.54, 1.807) is 17.5 Å². The van der Waals surface area contributed by atoms with Gasteiger partial charge in [-0.25, -0.2) is 0 Å². The van der Waals surface area contributed by atoms with Crippen LogP contribution in [-0.4, -0.2) is 16.6 Å². The summed E-state index contributed by atoms with van der Waals surface area (Å²) in [5, 5.41) is 15.2. The van der Waals surface area contributed by atoms with E-state index < -0.39 is 6.10 Å². The maximum Gasteiger partial charge on any atom is 0.101 e. The molecular formula is C13H16N2OS. The lowest BCUT2D eigenvalue weighted by Crippen LogP contribution is -2.24. The fraction of sp³-hybridized carbons (Fsp3) is 0.308. The maximum absolute atomic E-state index is 9.93. The van der Waals surface area contributed by atoms with E-state index in [2.05, 4.69) is 10.3 Å². The van der Waals surface area contributed by atoms with Gasteiger partial charge in [0.2, 0.25) is 0 Å². The SMILES string of the molecule is C[C@H](NCC(O)c1cccs1)c1ccccn1. The molecule has 2 heterocycles. The number of rotatable bonds is 5. The first-order valence-electron chi connectivity index (χ1n) is 5.63. The van der Waals surface area contributed by atoms with Gasteiger partial charge in [0.25, 0.3) is 0 Å². The summed E-state index contributed by atoms with van der Waals surface area (Å²) in [6.07, 6.45) is 1.34. The summed E-state index contributed by atoms with van der Waals surface area (Å²) in [5.74, 6) is 0. The molecule has 3 nitrogen and oxygen atoms in total. The zero-order valence-electron chi connectivity index (χ0n) is 9.71. The largest absolute Gasteiger partial charge is 0.386 e. The van der Waals surface area contributed by atoms with Crippen LogP contribution >= 0.6 is 11.3 Å². The summed E-state index contributed by atoms with van der Waals surface area (Å²) in [4.78, 5) is 5.27. The number of nitrogens with one attached hydrogen (secondary N) is 1. The number of aromatic nitrogens is 1. The van der Waals surface area contributed by atoms with Gasteiger partial charge in [-0.2, -0.15) is 0 Å². The predicted octanol–water partition coefficient (Wildman–Crippen LogP) is 2.53. The summed E-state index contributed by atoms with van der Waals surface area (Å²) >= 11 is 1.57. The first-order valence-corrected chi connectivity index (χ1v) is 6.51. The van der Waals surface area contributed by atoms with Crippen molar-refractivity contribution >= 4 is 11.3 Å². The molecule has 2 rings (SSSR count). The summed E-state index contributed by atoms with van der Waals surface area (Å²) < 4.78 is 0. The number of thiophene rings is 1. The third kappa shape index (κ3) is 3.36. The van der Waals surface area contributed by atoms with Crippen molar-refractivity contribution in [3.63, 3.8) is 0 Å². The number of aliphatic hydroxyl groups is 1. The van der Waals surface area contributed by atoms with Crippen molar-refractivity contribution in [1.29, 1.82) is 0 Å². The molecule has 0 amide bonds. The van der Waals surface area contributed by atoms with E-state index in [4.69, 9.17) is 0 Å². The highest BCUT2D eigenvalue weighted by Gasteiger charge is 2.11. The normalized spacial score (nSPS) is 14.5. The minimum absolute atomic E-state index is 0.144. The molecule has 0 bridgehead atoms. The van der Waals surface area contributed by atoms with Crippen molar-refractivity contribution in [3.8, 4) is 0 Å². The molecule has 2 atom stereocenters. The molecule has 0 aromatic carbocycles. The molecule has 0 saturated carbocycles. The molecule has 2 aromatic heterocycles. The van der Waals surface area contributed by atoms with Crippen LogP contribution in [0.25, 0.3) is 0 Å². The molecule has 17 heavy (non-hydrogen) atoms. The first-order chi connectivity index (χ1) is 8.27. The summed E-state index contributed by atoms with van der Waals surface area (Å²) in [6.45, 7) is 2.59. The summed E-state index contributed by atoms with van der Waals surface area (Å²) in [6, 6.07) is 9.89. The van der Waals surface area contributed by atoms with Gasteiger partial charge in [0.15, 0.2) is 0 Å². The number of aliphatic hydroxyl groups excluding tert-OH is 1. The van der Waals surface area contributed by atoms with Crippen LogP contribution in [0.15, 0.2) is 41.9 Å². The topological polar surface area (TPSA) is 45.1 Å². The highest BCUT2D eigenvalue weighted by molar-refractivity contribution is 7.10. The van der Waals surface area contributed by atoms with E-state index in [1.807, 2.05) is 42.6 Å². The zero-order chi connectivity index (χ0) is 12.1. The smallest absolute Gasteiger partial charge is 0.101 e. The number of pyridine rings is 1. The van der Waals surface area contributed by atoms with Crippen LogP contribution in [0, 0.1) is 0 Å². The Morgan fingerprint density at radius 2 is 2.24 bits per heavy atom. The Morgan fingerprint density at radius 1 is 1.35 bits per heavy atom. The lowest BCUT2D eigenvalue weighted by molar-refractivity contribution is 0.174. The fourth-order valence-corrected chi connectivity index (χ4v) is 2.32. The third-order valence-corrected chi connectivity index (χ3v) is 3.59. The van der Waals surface area contributed by atoms with Crippen LogP contribution < -0.4 is 5.32 Å². The van der Waals surface area contributed by atoms with Gasteiger partial charge in [-0.05, 0) is 30.5 Å². The van der Waals surface area contributed by atoms with Crippen LogP contribution in [0.4, 0.5) is 0 Å². The Bertz CT molecular complexity index is 430. The van der Waals surface area contributed by atoms with Crippen LogP contribution in [0.2, 0.25) is 0 Å². The molecule has 4 heteroatoms. The van der Waals surface area contributed by atoms with Crippen LogP contribution in [0.5, 0.6) is 0 Å². The van der Waals surface area contributed by atoms with Gasteiger partial charge in [0.05, 0.1) is 5.69 Å². The molecule has 0 spiro atoms. The number of nitrogens with zero attached hydrogens (tertiary/aromatic N) is 1. The standard InChI is InChI=1S/C13H16N2OS/c1-10(11-5-2-3-7-14-11)15-9-12(16)13-6-4-8-17-13/h2-8,10,12,15-16H,9H2,1H3/t10-,12?/m0/s1. The predicted molar refractivity (Wildman–Crippen MR) is 69.9 cm³/mol. The average molecular weight is 248 g/mol. The Labute approximate surface area is 105 Å². The Balaban J connectivity index is 1.86. The quantitative estimate of drug-likeness (QED) is 0.854.